The van der Waals surface area contributed by atoms with E-state index in [0.717, 1.165) is 16.7 Å². The average molecular weight is 701 g/mol. The summed E-state index contributed by atoms with van der Waals surface area (Å²) in [6.07, 6.45) is -0.443. The van der Waals surface area contributed by atoms with Gasteiger partial charge in [-0.25, -0.2) is 0 Å². The first-order chi connectivity index (χ1) is 20.7. The SMILES string of the molecule is COc1cc(CO)cc(I)c1OC1C=C(C(=O)NCCO)CC(N(Cc2ccc(C)cc2)C(=O)Cc2ccccc2)C1O. The van der Waals surface area contributed by atoms with Crippen molar-refractivity contribution in [3.05, 3.63) is 104 Å². The number of carbonyl (C=O) groups excluding carboxylic acids is 2. The van der Waals surface area contributed by atoms with Gasteiger partial charge in [-0.1, -0.05) is 60.2 Å². The van der Waals surface area contributed by atoms with Crippen molar-refractivity contribution in [1.29, 1.82) is 0 Å². The number of amides is 2. The van der Waals surface area contributed by atoms with Gasteiger partial charge in [-0.2, -0.15) is 0 Å². The van der Waals surface area contributed by atoms with Gasteiger partial charge in [0, 0.05) is 25.1 Å². The molecule has 0 bridgehead atoms. The van der Waals surface area contributed by atoms with E-state index in [9.17, 15) is 24.9 Å². The zero-order valence-electron chi connectivity index (χ0n) is 24.2. The van der Waals surface area contributed by atoms with E-state index in [0.29, 0.717) is 26.2 Å². The van der Waals surface area contributed by atoms with E-state index in [2.05, 4.69) is 27.9 Å². The Hall–Kier alpha value is -3.45. The molecule has 4 rings (SSSR count). The van der Waals surface area contributed by atoms with Crippen LogP contribution in [0, 0.1) is 10.5 Å². The lowest BCUT2D eigenvalue weighted by atomic mass is 9.87. The summed E-state index contributed by atoms with van der Waals surface area (Å²) in [4.78, 5) is 28.7. The zero-order valence-corrected chi connectivity index (χ0v) is 26.4. The predicted molar refractivity (Wildman–Crippen MR) is 171 cm³/mol. The summed E-state index contributed by atoms with van der Waals surface area (Å²) in [5.74, 6) is 0.0902. The number of aliphatic hydroxyl groups is 3. The molecular formula is C33H37IN2O7. The molecule has 0 spiro atoms. The van der Waals surface area contributed by atoms with Crippen LogP contribution in [-0.2, 0) is 29.2 Å². The van der Waals surface area contributed by atoms with Crippen LogP contribution in [0.15, 0.2) is 78.4 Å². The maximum absolute atomic E-state index is 13.9. The van der Waals surface area contributed by atoms with E-state index in [-0.39, 0.29) is 45.1 Å². The first-order valence-corrected chi connectivity index (χ1v) is 15.1. The fourth-order valence-electron chi connectivity index (χ4n) is 5.05. The van der Waals surface area contributed by atoms with E-state index in [1.165, 1.54) is 7.11 Å². The van der Waals surface area contributed by atoms with E-state index in [4.69, 9.17) is 9.47 Å². The van der Waals surface area contributed by atoms with Crippen molar-refractivity contribution in [3.63, 3.8) is 0 Å². The summed E-state index contributed by atoms with van der Waals surface area (Å²) in [6, 6.07) is 19.8. The standard InChI is InChI=1S/C33H37IN2O7/c1-21-8-10-23(11-9-21)19-36(30(39)16-22-6-4-3-5-7-22)27-17-25(33(41)35-12-13-37)18-28(31(27)40)43-32-26(34)14-24(20-38)15-29(32)42-2/h3-11,14-15,18,27-28,31,37-38,40H,12-13,16-17,19-20H2,1-2H3,(H,35,41). The average Bonchev–Trinajstić information content (AvgIpc) is 3.01. The van der Waals surface area contributed by atoms with Crippen molar-refractivity contribution in [2.75, 3.05) is 20.3 Å². The summed E-state index contributed by atoms with van der Waals surface area (Å²) >= 11 is 2.07. The van der Waals surface area contributed by atoms with Crippen molar-refractivity contribution in [3.8, 4) is 11.5 Å². The normalized spacial score (nSPS) is 18.0. The molecule has 3 unspecified atom stereocenters. The van der Waals surface area contributed by atoms with E-state index < -0.39 is 24.2 Å². The van der Waals surface area contributed by atoms with Crippen molar-refractivity contribution in [2.24, 2.45) is 0 Å². The van der Waals surface area contributed by atoms with Crippen molar-refractivity contribution >= 4 is 34.4 Å². The summed E-state index contributed by atoms with van der Waals surface area (Å²) < 4.78 is 12.5. The number of methoxy groups -OCH3 is 1. The van der Waals surface area contributed by atoms with Gasteiger partial charge in [-0.15, -0.1) is 0 Å². The molecule has 10 heteroatoms. The Morgan fingerprint density at radius 2 is 1.74 bits per heavy atom. The Labute approximate surface area is 265 Å². The summed E-state index contributed by atoms with van der Waals surface area (Å²) in [5, 5.41) is 33.4. The summed E-state index contributed by atoms with van der Waals surface area (Å²) in [6.45, 7) is 1.85. The van der Waals surface area contributed by atoms with Crippen LogP contribution in [0.5, 0.6) is 11.5 Å². The molecule has 0 aliphatic heterocycles. The Morgan fingerprint density at radius 3 is 2.40 bits per heavy atom. The number of ether oxygens (including phenoxy) is 2. The fourth-order valence-corrected chi connectivity index (χ4v) is 5.84. The molecule has 0 fully saturated rings. The molecule has 3 atom stereocenters. The second-order valence-electron chi connectivity index (χ2n) is 10.5. The topological polar surface area (TPSA) is 129 Å². The number of halogens is 1. The number of rotatable bonds is 12. The third-order valence-corrected chi connectivity index (χ3v) is 8.13. The Balaban J connectivity index is 1.73. The van der Waals surface area contributed by atoms with Crippen molar-refractivity contribution in [1.82, 2.24) is 10.2 Å². The lowest BCUT2D eigenvalue weighted by Gasteiger charge is -2.41. The van der Waals surface area contributed by atoms with E-state index >= 15 is 0 Å². The van der Waals surface area contributed by atoms with Gasteiger partial charge in [0.15, 0.2) is 11.5 Å². The highest BCUT2D eigenvalue weighted by Crippen LogP contribution is 2.37. The number of nitrogens with zero attached hydrogens (tertiary/aromatic N) is 1. The second-order valence-corrected chi connectivity index (χ2v) is 11.6. The van der Waals surface area contributed by atoms with Crippen molar-refractivity contribution < 1.29 is 34.4 Å². The molecule has 43 heavy (non-hydrogen) atoms. The minimum Gasteiger partial charge on any atom is -0.493 e. The van der Waals surface area contributed by atoms with E-state index in [1.807, 2.05) is 61.5 Å². The van der Waals surface area contributed by atoms with Crippen LogP contribution < -0.4 is 14.8 Å². The second kappa shape index (κ2) is 15.3. The van der Waals surface area contributed by atoms with Gasteiger partial charge in [0.2, 0.25) is 11.8 Å². The Morgan fingerprint density at radius 1 is 1.02 bits per heavy atom. The maximum Gasteiger partial charge on any atom is 0.247 e. The largest absolute Gasteiger partial charge is 0.493 e. The predicted octanol–water partition coefficient (Wildman–Crippen LogP) is 3.29. The molecule has 228 valence electrons. The molecule has 9 nitrogen and oxygen atoms in total. The van der Waals surface area contributed by atoms with Crippen molar-refractivity contribution in [2.45, 2.75) is 51.2 Å². The Bertz CT molecular complexity index is 1430. The highest BCUT2D eigenvalue weighted by atomic mass is 127. The maximum atomic E-state index is 13.9. The van der Waals surface area contributed by atoms with Gasteiger partial charge >= 0.3 is 0 Å². The first kappa shape index (κ1) is 32.5. The quantitative estimate of drug-likeness (QED) is 0.214. The smallest absolute Gasteiger partial charge is 0.247 e. The van der Waals surface area contributed by atoms with Crippen LogP contribution in [0.2, 0.25) is 0 Å². The van der Waals surface area contributed by atoms with E-state index in [1.54, 1.807) is 23.1 Å². The van der Waals surface area contributed by atoms with Crippen LogP contribution >= 0.6 is 22.6 Å². The minimum atomic E-state index is -1.20. The highest BCUT2D eigenvalue weighted by molar-refractivity contribution is 14.1. The number of hydrogen-bond donors (Lipinski definition) is 4. The minimum absolute atomic E-state index is 0.0588. The van der Waals surface area contributed by atoms with Gasteiger partial charge in [-0.3, -0.25) is 9.59 Å². The third-order valence-electron chi connectivity index (χ3n) is 7.33. The molecule has 3 aromatic rings. The van der Waals surface area contributed by atoms with Crippen LogP contribution in [0.4, 0.5) is 0 Å². The molecule has 2 amide bonds. The summed E-state index contributed by atoms with van der Waals surface area (Å²) in [5.41, 5.74) is 3.76. The number of benzene rings is 3. The molecular weight excluding hydrogens is 663 g/mol. The lowest BCUT2D eigenvalue weighted by Crippen LogP contribution is -2.55. The molecule has 0 aromatic heterocycles. The van der Waals surface area contributed by atoms with Crippen LogP contribution in [0.3, 0.4) is 0 Å². The van der Waals surface area contributed by atoms with Gasteiger partial charge in [0.05, 0.1) is 36.4 Å². The van der Waals surface area contributed by atoms with Gasteiger partial charge in [-0.05, 0) is 64.4 Å². The summed E-state index contributed by atoms with van der Waals surface area (Å²) in [7, 11) is 1.48. The molecule has 4 N–H and O–H groups in total. The van der Waals surface area contributed by atoms with Crippen LogP contribution in [-0.4, -0.2) is 70.5 Å². The first-order valence-electron chi connectivity index (χ1n) is 14.0. The van der Waals surface area contributed by atoms with Gasteiger partial charge < -0.3 is 35.0 Å². The lowest BCUT2D eigenvalue weighted by molar-refractivity contribution is -0.138. The van der Waals surface area contributed by atoms with Gasteiger partial charge in [0.1, 0.15) is 12.2 Å². The van der Waals surface area contributed by atoms with Crippen LogP contribution in [0.1, 0.15) is 28.7 Å². The fraction of sp³-hybridized carbons (Fsp3) is 0.333. The third kappa shape index (κ3) is 8.35. The monoisotopic (exact) mass is 700 g/mol. The molecule has 0 radical (unpaired) electrons. The zero-order chi connectivity index (χ0) is 30.9. The molecule has 3 aromatic carbocycles. The Kier molecular flexibility index (Phi) is 11.6. The molecule has 0 saturated carbocycles. The molecule has 1 aliphatic rings. The molecule has 0 heterocycles. The number of hydrogen-bond acceptors (Lipinski definition) is 7. The number of aliphatic hydroxyl groups excluding tert-OH is 3. The van der Waals surface area contributed by atoms with Crippen LogP contribution in [0.25, 0.3) is 0 Å². The number of carbonyl (C=O) groups is 2. The number of nitrogens with one attached hydrogen (secondary N) is 1. The highest BCUT2D eigenvalue weighted by Gasteiger charge is 2.41. The molecule has 1 aliphatic carbocycles. The number of aryl methyl sites for hydroxylation is 1. The van der Waals surface area contributed by atoms with Gasteiger partial charge in [0.25, 0.3) is 0 Å². The molecule has 0 saturated heterocycles.